The maximum Gasteiger partial charge on any atom is 0.222 e. The molecule has 1 aromatic carbocycles. The summed E-state index contributed by atoms with van der Waals surface area (Å²) < 4.78 is 4.11. The molecule has 0 N–H and O–H groups in total. The van der Waals surface area contributed by atoms with E-state index in [2.05, 4.69) is 41.8 Å². The second-order valence-electron chi connectivity index (χ2n) is 7.29. The highest BCUT2D eigenvalue weighted by Gasteiger charge is 2.21. The number of nitrogens with zero attached hydrogens (tertiary/aromatic N) is 5. The number of benzene rings is 1. The lowest BCUT2D eigenvalue weighted by Crippen LogP contribution is -2.28. The number of rotatable bonds is 6. The van der Waals surface area contributed by atoms with Gasteiger partial charge in [0, 0.05) is 49.4 Å². The summed E-state index contributed by atoms with van der Waals surface area (Å²) in [4.78, 5) is 18.6. The molecular formula is C21H25N5O. The number of amides is 1. The smallest absolute Gasteiger partial charge is 0.222 e. The van der Waals surface area contributed by atoms with Gasteiger partial charge in [-0.05, 0) is 20.3 Å². The molecule has 2 aromatic heterocycles. The van der Waals surface area contributed by atoms with Crippen molar-refractivity contribution in [1.82, 2.24) is 24.2 Å². The van der Waals surface area contributed by atoms with Crippen LogP contribution in [0, 0.1) is 0 Å². The number of aromatic nitrogens is 4. The van der Waals surface area contributed by atoms with Crippen molar-refractivity contribution in [3.8, 4) is 22.5 Å². The number of hydrogen-bond acceptors (Lipinski definition) is 3. The Morgan fingerprint density at radius 1 is 1.11 bits per heavy atom. The van der Waals surface area contributed by atoms with Crippen molar-refractivity contribution < 1.29 is 4.79 Å². The Kier molecular flexibility index (Phi) is 4.79. The van der Waals surface area contributed by atoms with Crippen LogP contribution in [0.25, 0.3) is 22.5 Å². The van der Waals surface area contributed by atoms with E-state index in [1.54, 1.807) is 0 Å². The number of hydrogen-bond donors (Lipinski definition) is 0. The van der Waals surface area contributed by atoms with Gasteiger partial charge in [0.15, 0.2) is 0 Å². The van der Waals surface area contributed by atoms with Crippen LogP contribution in [0.3, 0.4) is 0 Å². The molecule has 6 nitrogen and oxygen atoms in total. The molecule has 0 aliphatic carbocycles. The van der Waals surface area contributed by atoms with E-state index in [-0.39, 0.29) is 5.91 Å². The second-order valence-corrected chi connectivity index (χ2v) is 7.29. The molecule has 1 aliphatic rings. The summed E-state index contributed by atoms with van der Waals surface area (Å²) in [5, 5.41) is 4.51. The van der Waals surface area contributed by atoms with Gasteiger partial charge in [0.05, 0.1) is 23.9 Å². The third-order valence-electron chi connectivity index (χ3n) is 5.07. The van der Waals surface area contributed by atoms with Gasteiger partial charge in [0.2, 0.25) is 5.91 Å². The van der Waals surface area contributed by atoms with Gasteiger partial charge in [-0.1, -0.05) is 30.3 Å². The maximum atomic E-state index is 11.9. The van der Waals surface area contributed by atoms with E-state index in [1.165, 1.54) is 0 Å². The van der Waals surface area contributed by atoms with Crippen LogP contribution in [-0.4, -0.2) is 43.2 Å². The molecule has 4 rings (SSSR count). The van der Waals surface area contributed by atoms with Crippen molar-refractivity contribution in [2.24, 2.45) is 0 Å². The minimum absolute atomic E-state index is 0.257. The summed E-state index contributed by atoms with van der Waals surface area (Å²) in [6.07, 6.45) is 7.50. The van der Waals surface area contributed by atoms with E-state index >= 15 is 0 Å². The summed E-state index contributed by atoms with van der Waals surface area (Å²) in [7, 11) is 0. The lowest BCUT2D eigenvalue weighted by molar-refractivity contribution is -0.127. The predicted octanol–water partition coefficient (Wildman–Crippen LogP) is 3.62. The zero-order chi connectivity index (χ0) is 18.8. The quantitative estimate of drug-likeness (QED) is 0.672. The molecule has 1 amide bonds. The minimum Gasteiger partial charge on any atom is -0.341 e. The minimum atomic E-state index is 0.257. The molecule has 6 heteroatoms. The van der Waals surface area contributed by atoms with Crippen molar-refractivity contribution in [3.05, 3.63) is 49.1 Å². The first kappa shape index (κ1) is 17.5. The van der Waals surface area contributed by atoms with Crippen LogP contribution in [0.4, 0.5) is 0 Å². The fourth-order valence-corrected chi connectivity index (χ4v) is 3.57. The zero-order valence-electron chi connectivity index (χ0n) is 15.9. The van der Waals surface area contributed by atoms with E-state index in [4.69, 9.17) is 4.98 Å². The van der Waals surface area contributed by atoms with Crippen molar-refractivity contribution in [2.45, 2.75) is 39.3 Å². The lowest BCUT2D eigenvalue weighted by atomic mass is 10.1. The van der Waals surface area contributed by atoms with Gasteiger partial charge in [-0.2, -0.15) is 5.10 Å². The first-order chi connectivity index (χ1) is 13.1. The first-order valence-corrected chi connectivity index (χ1v) is 9.56. The van der Waals surface area contributed by atoms with E-state index in [0.717, 1.165) is 48.6 Å². The highest BCUT2D eigenvalue weighted by molar-refractivity contribution is 5.79. The molecule has 0 bridgehead atoms. The molecule has 1 saturated heterocycles. The Hall–Kier alpha value is -2.89. The summed E-state index contributed by atoms with van der Waals surface area (Å²) in [5.41, 5.74) is 4.14. The number of imidazole rings is 1. The molecule has 3 heterocycles. The monoisotopic (exact) mass is 363 g/mol. The Morgan fingerprint density at radius 3 is 2.59 bits per heavy atom. The van der Waals surface area contributed by atoms with E-state index in [0.29, 0.717) is 12.5 Å². The van der Waals surface area contributed by atoms with Gasteiger partial charge in [0.1, 0.15) is 0 Å². The van der Waals surface area contributed by atoms with Crippen LogP contribution in [0.5, 0.6) is 0 Å². The van der Waals surface area contributed by atoms with E-state index in [1.807, 2.05) is 40.3 Å². The molecule has 1 aliphatic heterocycles. The Balaban J connectivity index is 1.70. The van der Waals surface area contributed by atoms with Gasteiger partial charge in [-0.25, -0.2) is 4.98 Å². The zero-order valence-corrected chi connectivity index (χ0v) is 15.9. The first-order valence-electron chi connectivity index (χ1n) is 9.56. The topological polar surface area (TPSA) is 56.0 Å². The molecular weight excluding hydrogens is 338 g/mol. The Morgan fingerprint density at radius 2 is 1.93 bits per heavy atom. The largest absolute Gasteiger partial charge is 0.341 e. The molecule has 3 aromatic rings. The molecule has 1 fully saturated rings. The molecule has 0 spiro atoms. The van der Waals surface area contributed by atoms with Crippen LogP contribution in [0.1, 0.15) is 32.7 Å². The highest BCUT2D eigenvalue weighted by Crippen LogP contribution is 2.31. The van der Waals surface area contributed by atoms with Gasteiger partial charge >= 0.3 is 0 Å². The lowest BCUT2D eigenvalue weighted by Gasteiger charge is -2.17. The van der Waals surface area contributed by atoms with Crippen molar-refractivity contribution in [1.29, 1.82) is 0 Å². The SMILES string of the molecule is CC(C)n1cc(-c2c(-c3ccccc3)ncn2CCN2CCCC2=O)cn1. The maximum absolute atomic E-state index is 11.9. The van der Waals surface area contributed by atoms with Crippen LogP contribution >= 0.6 is 0 Å². The van der Waals surface area contributed by atoms with Crippen LogP contribution in [0.15, 0.2) is 49.1 Å². The van der Waals surface area contributed by atoms with Gasteiger partial charge in [0.25, 0.3) is 0 Å². The standard InChI is InChI=1S/C21H25N5O/c1-16(2)26-14-18(13-23-26)21-20(17-7-4-3-5-8-17)22-15-25(21)12-11-24-10-6-9-19(24)27/h3-5,7-8,13-16H,6,9-12H2,1-2H3. The average Bonchev–Trinajstić information content (AvgIpc) is 3.40. The van der Waals surface area contributed by atoms with Crippen molar-refractivity contribution in [2.75, 3.05) is 13.1 Å². The number of carbonyl (C=O) groups is 1. The molecule has 0 saturated carbocycles. The van der Waals surface area contributed by atoms with Crippen LogP contribution in [0.2, 0.25) is 0 Å². The van der Waals surface area contributed by atoms with Crippen molar-refractivity contribution in [3.63, 3.8) is 0 Å². The molecule has 27 heavy (non-hydrogen) atoms. The molecule has 0 atom stereocenters. The molecule has 0 unspecified atom stereocenters. The average molecular weight is 363 g/mol. The predicted molar refractivity (Wildman–Crippen MR) is 105 cm³/mol. The summed E-state index contributed by atoms with van der Waals surface area (Å²) >= 11 is 0. The third kappa shape index (κ3) is 3.52. The summed E-state index contributed by atoms with van der Waals surface area (Å²) in [5.74, 6) is 0.257. The number of likely N-dealkylation sites (tertiary alicyclic amines) is 1. The van der Waals surface area contributed by atoms with Crippen LogP contribution < -0.4 is 0 Å². The molecule has 140 valence electrons. The fraction of sp³-hybridized carbons (Fsp3) is 0.381. The third-order valence-corrected chi connectivity index (χ3v) is 5.07. The van der Waals surface area contributed by atoms with Crippen LogP contribution in [-0.2, 0) is 11.3 Å². The number of carbonyl (C=O) groups excluding carboxylic acids is 1. The van der Waals surface area contributed by atoms with Gasteiger partial charge < -0.3 is 9.47 Å². The summed E-state index contributed by atoms with van der Waals surface area (Å²) in [6, 6.07) is 10.5. The second kappa shape index (κ2) is 7.39. The van der Waals surface area contributed by atoms with Gasteiger partial charge in [-0.15, -0.1) is 0 Å². The Bertz CT molecular complexity index is 925. The van der Waals surface area contributed by atoms with E-state index < -0.39 is 0 Å². The summed E-state index contributed by atoms with van der Waals surface area (Å²) in [6.45, 7) is 6.54. The normalized spacial score (nSPS) is 14.5. The van der Waals surface area contributed by atoms with Crippen molar-refractivity contribution >= 4 is 5.91 Å². The Labute approximate surface area is 159 Å². The highest BCUT2D eigenvalue weighted by atomic mass is 16.2. The van der Waals surface area contributed by atoms with Gasteiger partial charge in [-0.3, -0.25) is 9.48 Å². The fourth-order valence-electron chi connectivity index (χ4n) is 3.57. The van der Waals surface area contributed by atoms with E-state index in [9.17, 15) is 4.79 Å². The molecule has 0 radical (unpaired) electrons.